The fourth-order valence-electron chi connectivity index (χ4n) is 3.55. The second kappa shape index (κ2) is 9.15. The molecule has 0 aromatic heterocycles. The first-order valence-corrected chi connectivity index (χ1v) is 10.2. The normalized spacial score (nSPS) is 17.8. The number of ether oxygens (including phenoxy) is 1. The molecule has 3 rings (SSSR count). The van der Waals surface area contributed by atoms with E-state index in [-0.39, 0.29) is 31.9 Å². The lowest BCUT2D eigenvalue weighted by atomic mass is 10.1. The molecule has 1 aromatic carbocycles. The molecule has 0 unspecified atom stereocenters. The number of carbonyl (C=O) groups excluding carboxylic acids is 4. The van der Waals surface area contributed by atoms with Crippen molar-refractivity contribution in [1.29, 1.82) is 0 Å². The van der Waals surface area contributed by atoms with Crippen LogP contribution in [0.4, 0.5) is 16.2 Å². The molecular formula is C21H28N4O5. The highest BCUT2D eigenvalue weighted by molar-refractivity contribution is 6.06. The molecular weight excluding hydrogens is 388 g/mol. The van der Waals surface area contributed by atoms with Crippen LogP contribution in [-0.4, -0.2) is 60.5 Å². The molecule has 0 radical (unpaired) electrons. The van der Waals surface area contributed by atoms with Gasteiger partial charge in [0.05, 0.1) is 0 Å². The van der Waals surface area contributed by atoms with Crippen LogP contribution in [0.15, 0.2) is 24.3 Å². The number of esters is 1. The Balaban J connectivity index is 1.35. The maximum Gasteiger partial charge on any atom is 0.325 e. The summed E-state index contributed by atoms with van der Waals surface area (Å²) < 4.78 is 4.98. The lowest BCUT2D eigenvalue weighted by molar-refractivity contribution is -0.147. The molecule has 0 bridgehead atoms. The van der Waals surface area contributed by atoms with Crippen LogP contribution in [0.5, 0.6) is 0 Å². The lowest BCUT2D eigenvalue weighted by Crippen LogP contribution is -2.40. The zero-order chi connectivity index (χ0) is 21.7. The smallest absolute Gasteiger partial charge is 0.325 e. The number of anilines is 2. The van der Waals surface area contributed by atoms with Crippen molar-refractivity contribution in [2.45, 2.75) is 45.1 Å². The summed E-state index contributed by atoms with van der Waals surface area (Å²) >= 11 is 0. The van der Waals surface area contributed by atoms with E-state index in [2.05, 4.69) is 15.5 Å². The number of rotatable bonds is 8. The number of imide groups is 1. The molecule has 9 nitrogen and oxygen atoms in total. The van der Waals surface area contributed by atoms with E-state index in [0.717, 1.165) is 23.7 Å². The van der Waals surface area contributed by atoms with Crippen LogP contribution in [0.1, 0.15) is 39.5 Å². The van der Waals surface area contributed by atoms with Crippen LogP contribution in [0.2, 0.25) is 0 Å². The summed E-state index contributed by atoms with van der Waals surface area (Å²) in [7, 11) is 0. The van der Waals surface area contributed by atoms with Gasteiger partial charge in [-0.05, 0) is 57.4 Å². The Morgan fingerprint density at radius 3 is 2.40 bits per heavy atom. The summed E-state index contributed by atoms with van der Waals surface area (Å²) in [5.41, 5.74) is 0.841. The third kappa shape index (κ3) is 5.28. The minimum atomic E-state index is -0.928. The summed E-state index contributed by atoms with van der Waals surface area (Å²) in [6.45, 7) is 5.09. The number of nitrogens with one attached hydrogen (secondary N) is 2. The molecule has 2 aliphatic rings. The zero-order valence-electron chi connectivity index (χ0n) is 17.4. The molecule has 1 aromatic rings. The Bertz CT molecular complexity index is 815. The van der Waals surface area contributed by atoms with Gasteiger partial charge < -0.3 is 20.3 Å². The van der Waals surface area contributed by atoms with E-state index in [1.165, 1.54) is 12.8 Å². The van der Waals surface area contributed by atoms with Gasteiger partial charge in [-0.15, -0.1) is 0 Å². The average molecular weight is 416 g/mol. The number of amides is 4. The summed E-state index contributed by atoms with van der Waals surface area (Å²) in [5.74, 6) is -1.30. The Kier molecular flexibility index (Phi) is 6.59. The number of hydrogen-bond acceptors (Lipinski definition) is 6. The molecule has 2 heterocycles. The van der Waals surface area contributed by atoms with Crippen molar-refractivity contribution in [3.63, 3.8) is 0 Å². The largest absolute Gasteiger partial charge is 0.456 e. The van der Waals surface area contributed by atoms with Crippen LogP contribution in [0.25, 0.3) is 0 Å². The van der Waals surface area contributed by atoms with Gasteiger partial charge in [-0.3, -0.25) is 19.3 Å². The highest BCUT2D eigenvalue weighted by Gasteiger charge is 2.43. The van der Waals surface area contributed by atoms with E-state index in [4.69, 9.17) is 4.74 Å². The number of urea groups is 1. The first kappa shape index (κ1) is 21.6. The van der Waals surface area contributed by atoms with E-state index < -0.39 is 23.4 Å². The quantitative estimate of drug-likeness (QED) is 0.495. The number of nitrogens with zero attached hydrogens (tertiary/aromatic N) is 2. The lowest BCUT2D eigenvalue weighted by Gasteiger charge is -2.17. The maximum atomic E-state index is 12.1. The molecule has 2 fully saturated rings. The van der Waals surface area contributed by atoms with Crippen molar-refractivity contribution >= 4 is 35.2 Å². The third-order valence-electron chi connectivity index (χ3n) is 5.19. The SMILES string of the molecule is CC1(C)NC(=O)N(CCCC(=O)OCC(=O)Nc2ccc(N3CCCC3)cc2)C1=O. The van der Waals surface area contributed by atoms with Crippen LogP contribution >= 0.6 is 0 Å². The summed E-state index contributed by atoms with van der Waals surface area (Å²) in [6.07, 6.45) is 2.68. The molecule has 2 saturated heterocycles. The topological polar surface area (TPSA) is 108 Å². The number of carbonyl (C=O) groups is 4. The van der Waals surface area contributed by atoms with Gasteiger partial charge in [0, 0.05) is 37.4 Å². The van der Waals surface area contributed by atoms with E-state index >= 15 is 0 Å². The minimum absolute atomic E-state index is 0.00923. The predicted octanol–water partition coefficient (Wildman–Crippen LogP) is 1.88. The number of hydrogen-bond donors (Lipinski definition) is 2. The van der Waals surface area contributed by atoms with Crippen molar-refractivity contribution in [2.75, 3.05) is 36.5 Å². The average Bonchev–Trinajstić information content (AvgIpc) is 3.30. The molecule has 30 heavy (non-hydrogen) atoms. The second-order valence-electron chi connectivity index (χ2n) is 8.07. The molecule has 162 valence electrons. The highest BCUT2D eigenvalue weighted by atomic mass is 16.5. The van der Waals surface area contributed by atoms with Gasteiger partial charge in [0.15, 0.2) is 6.61 Å². The van der Waals surface area contributed by atoms with Crippen molar-refractivity contribution in [2.24, 2.45) is 0 Å². The maximum absolute atomic E-state index is 12.1. The van der Waals surface area contributed by atoms with Gasteiger partial charge in [0.2, 0.25) is 0 Å². The Labute approximate surface area is 175 Å². The fourth-order valence-corrected chi connectivity index (χ4v) is 3.55. The fraction of sp³-hybridized carbons (Fsp3) is 0.524. The highest BCUT2D eigenvalue weighted by Crippen LogP contribution is 2.22. The van der Waals surface area contributed by atoms with Crippen molar-refractivity contribution < 1.29 is 23.9 Å². The monoisotopic (exact) mass is 416 g/mol. The van der Waals surface area contributed by atoms with Gasteiger partial charge in [-0.2, -0.15) is 0 Å². The number of benzene rings is 1. The molecule has 9 heteroatoms. The van der Waals surface area contributed by atoms with Gasteiger partial charge in [-0.1, -0.05) is 0 Å². The second-order valence-corrected chi connectivity index (χ2v) is 8.07. The molecule has 0 aliphatic carbocycles. The Morgan fingerprint density at radius 2 is 1.80 bits per heavy atom. The Morgan fingerprint density at radius 1 is 1.13 bits per heavy atom. The zero-order valence-corrected chi connectivity index (χ0v) is 17.4. The standard InChI is InChI=1S/C21H28N4O5/c1-21(2)19(28)25(20(29)23-21)13-5-6-18(27)30-14-17(26)22-15-7-9-16(10-8-15)24-11-3-4-12-24/h7-10H,3-6,11-14H2,1-2H3,(H,22,26)(H,23,29). The van der Waals surface area contributed by atoms with E-state index in [1.54, 1.807) is 13.8 Å². The Hall–Kier alpha value is -3.10. The predicted molar refractivity (Wildman–Crippen MR) is 111 cm³/mol. The molecule has 0 spiro atoms. The van der Waals surface area contributed by atoms with Gasteiger partial charge in [-0.25, -0.2) is 4.79 Å². The van der Waals surface area contributed by atoms with Crippen LogP contribution in [0.3, 0.4) is 0 Å². The van der Waals surface area contributed by atoms with Crippen LogP contribution < -0.4 is 15.5 Å². The van der Waals surface area contributed by atoms with Gasteiger partial charge in [0.25, 0.3) is 11.8 Å². The van der Waals surface area contributed by atoms with E-state index in [0.29, 0.717) is 5.69 Å². The van der Waals surface area contributed by atoms with Gasteiger partial charge >= 0.3 is 12.0 Å². The van der Waals surface area contributed by atoms with Gasteiger partial charge in [0.1, 0.15) is 5.54 Å². The molecule has 0 atom stereocenters. The first-order valence-electron chi connectivity index (χ1n) is 10.2. The minimum Gasteiger partial charge on any atom is -0.456 e. The van der Waals surface area contributed by atoms with Crippen LogP contribution in [-0.2, 0) is 19.1 Å². The summed E-state index contributed by atoms with van der Waals surface area (Å²) in [5, 5.41) is 5.28. The third-order valence-corrected chi connectivity index (χ3v) is 5.19. The summed E-state index contributed by atoms with van der Waals surface area (Å²) in [6, 6.07) is 7.11. The van der Waals surface area contributed by atoms with Crippen molar-refractivity contribution in [3.8, 4) is 0 Å². The van der Waals surface area contributed by atoms with Crippen molar-refractivity contribution in [1.82, 2.24) is 10.2 Å². The first-order chi connectivity index (χ1) is 14.3. The van der Waals surface area contributed by atoms with E-state index in [1.807, 2.05) is 24.3 Å². The van der Waals surface area contributed by atoms with Crippen molar-refractivity contribution in [3.05, 3.63) is 24.3 Å². The van der Waals surface area contributed by atoms with Crippen LogP contribution in [0, 0.1) is 0 Å². The molecule has 2 aliphatic heterocycles. The summed E-state index contributed by atoms with van der Waals surface area (Å²) in [4.78, 5) is 51.1. The molecule has 4 amide bonds. The van der Waals surface area contributed by atoms with E-state index in [9.17, 15) is 19.2 Å². The molecule has 2 N–H and O–H groups in total. The molecule has 0 saturated carbocycles.